The molecule has 0 saturated carbocycles. The number of rotatable bonds is 4. The summed E-state index contributed by atoms with van der Waals surface area (Å²) in [5, 5.41) is 2.80. The number of aliphatic imine (C=N–C) groups is 1. The minimum Gasteiger partial charge on any atom is -0.366 e. The highest BCUT2D eigenvalue weighted by Crippen LogP contribution is 2.17. The normalized spacial score (nSPS) is 13.2. The van der Waals surface area contributed by atoms with Gasteiger partial charge in [-0.1, -0.05) is 13.8 Å². The van der Waals surface area contributed by atoms with E-state index in [0.717, 1.165) is 17.2 Å². The smallest absolute Gasteiger partial charge is 0.241 e. The summed E-state index contributed by atoms with van der Waals surface area (Å²) in [6.45, 7) is 5.79. The molecule has 0 unspecified atom stereocenters. The maximum Gasteiger partial charge on any atom is 0.241 e. The fraction of sp³-hybridized carbons (Fsp3) is 0.467. The van der Waals surface area contributed by atoms with Crippen LogP contribution in [0.4, 0.5) is 11.4 Å². The molecule has 1 aromatic carbocycles. The Bertz CT molecular complexity index is 477. The fourth-order valence-electron chi connectivity index (χ4n) is 1.43. The third-order valence-electron chi connectivity index (χ3n) is 3.09. The molecule has 0 bridgehead atoms. The van der Waals surface area contributed by atoms with E-state index in [0.29, 0.717) is 0 Å². The number of anilines is 1. The zero-order valence-electron chi connectivity index (χ0n) is 12.8. The molecule has 0 saturated heterocycles. The Balaban J connectivity index is 2.73. The number of carbonyl (C=O) groups excluding carboxylic acids is 1. The molecule has 1 atom stereocenters. The minimum atomic E-state index is -0.497. The molecule has 3 N–H and O–H groups in total. The van der Waals surface area contributed by atoms with Crippen LogP contribution < -0.4 is 11.1 Å². The van der Waals surface area contributed by atoms with Gasteiger partial charge in [0.25, 0.3) is 0 Å². The van der Waals surface area contributed by atoms with Crippen LogP contribution in [0.1, 0.15) is 20.8 Å². The summed E-state index contributed by atoms with van der Waals surface area (Å²) in [4.78, 5) is 18.2. The lowest BCUT2D eigenvalue weighted by atomic mass is 10.0. The van der Waals surface area contributed by atoms with Crippen molar-refractivity contribution in [1.29, 1.82) is 0 Å². The van der Waals surface area contributed by atoms with Gasteiger partial charge in [-0.15, -0.1) is 0 Å². The second-order valence-corrected chi connectivity index (χ2v) is 5.36. The van der Waals surface area contributed by atoms with Gasteiger partial charge in [0, 0.05) is 19.8 Å². The summed E-state index contributed by atoms with van der Waals surface area (Å²) in [7, 11) is 3.89. The summed E-state index contributed by atoms with van der Waals surface area (Å²) in [5.74, 6) is 0.867. The van der Waals surface area contributed by atoms with Gasteiger partial charge in [0.05, 0.1) is 11.7 Å². The quantitative estimate of drug-likeness (QED) is 0.654. The number of nitrogens with zero attached hydrogens (tertiary/aromatic N) is 2. The van der Waals surface area contributed by atoms with Gasteiger partial charge in [-0.2, -0.15) is 0 Å². The number of hydrogen-bond acceptors (Lipinski definition) is 3. The van der Waals surface area contributed by atoms with Gasteiger partial charge in [-0.05, 0) is 37.1 Å². The molecule has 5 nitrogen and oxygen atoms in total. The van der Waals surface area contributed by atoms with Crippen molar-refractivity contribution in [2.75, 3.05) is 19.4 Å². The van der Waals surface area contributed by atoms with Crippen molar-refractivity contribution >= 4 is 23.1 Å². The summed E-state index contributed by atoms with van der Waals surface area (Å²) < 4.78 is 0. The standard InChI is InChI=1S/C15H24N4O/c1-10(2)14(16)15(20)18-13-8-6-12(7-9-13)17-11(3)19(4)5/h6-10,14H,16H2,1-5H3,(H,18,20)/b17-11+/t14-/m1/s1. The first-order valence-corrected chi connectivity index (χ1v) is 6.70. The van der Waals surface area contributed by atoms with Gasteiger partial charge in [0.2, 0.25) is 5.91 Å². The Morgan fingerprint density at radius 3 is 2.25 bits per heavy atom. The summed E-state index contributed by atoms with van der Waals surface area (Å²) in [5.41, 5.74) is 7.38. The number of nitrogens with two attached hydrogens (primary N) is 1. The molecule has 0 heterocycles. The number of carbonyl (C=O) groups is 1. The molecule has 110 valence electrons. The Morgan fingerprint density at radius 2 is 1.80 bits per heavy atom. The molecule has 1 amide bonds. The molecule has 20 heavy (non-hydrogen) atoms. The van der Waals surface area contributed by atoms with Gasteiger partial charge in [-0.25, -0.2) is 4.99 Å². The molecule has 0 aliphatic heterocycles. The molecule has 1 rings (SSSR count). The second kappa shape index (κ2) is 7.05. The molecule has 0 aliphatic carbocycles. The maximum atomic E-state index is 11.8. The van der Waals surface area contributed by atoms with Gasteiger partial charge in [0.1, 0.15) is 5.84 Å². The number of amidine groups is 1. The minimum absolute atomic E-state index is 0.113. The SMILES string of the molecule is C/C(=N\c1ccc(NC(=O)[C@H](N)C(C)C)cc1)N(C)C. The number of benzene rings is 1. The number of nitrogens with one attached hydrogen (secondary N) is 1. The number of hydrogen-bond donors (Lipinski definition) is 2. The van der Waals surface area contributed by atoms with Gasteiger partial charge in [-0.3, -0.25) is 4.79 Å². The lowest BCUT2D eigenvalue weighted by molar-refractivity contribution is -0.118. The van der Waals surface area contributed by atoms with Crippen LogP contribution in [0.15, 0.2) is 29.3 Å². The van der Waals surface area contributed by atoms with Crippen LogP contribution in [0.2, 0.25) is 0 Å². The van der Waals surface area contributed by atoms with Crippen molar-refractivity contribution in [2.24, 2.45) is 16.6 Å². The molecule has 0 radical (unpaired) electrons. The third kappa shape index (κ3) is 4.66. The summed E-state index contributed by atoms with van der Waals surface area (Å²) in [6, 6.07) is 6.88. The molecule has 0 spiro atoms. The van der Waals surface area contributed by atoms with E-state index in [2.05, 4.69) is 10.3 Å². The average molecular weight is 276 g/mol. The highest BCUT2D eigenvalue weighted by Gasteiger charge is 2.16. The van der Waals surface area contributed by atoms with Crippen molar-refractivity contribution < 1.29 is 4.79 Å². The molecule has 1 aromatic rings. The zero-order valence-corrected chi connectivity index (χ0v) is 12.8. The molecular formula is C15H24N4O. The summed E-state index contributed by atoms with van der Waals surface area (Å²) >= 11 is 0. The molecular weight excluding hydrogens is 252 g/mol. The first-order valence-electron chi connectivity index (χ1n) is 6.70. The zero-order chi connectivity index (χ0) is 15.3. The molecule has 0 fully saturated rings. The first kappa shape index (κ1) is 16.2. The van der Waals surface area contributed by atoms with E-state index in [1.54, 1.807) is 0 Å². The highest BCUT2D eigenvalue weighted by atomic mass is 16.2. The second-order valence-electron chi connectivity index (χ2n) is 5.36. The van der Waals surface area contributed by atoms with Gasteiger partial charge in [0.15, 0.2) is 0 Å². The van der Waals surface area contributed by atoms with E-state index in [1.807, 2.05) is 64.0 Å². The largest absolute Gasteiger partial charge is 0.366 e. The van der Waals surface area contributed by atoms with Crippen LogP contribution in [0.5, 0.6) is 0 Å². The van der Waals surface area contributed by atoms with Crippen LogP contribution >= 0.6 is 0 Å². The fourth-order valence-corrected chi connectivity index (χ4v) is 1.43. The van der Waals surface area contributed by atoms with Crippen molar-refractivity contribution in [2.45, 2.75) is 26.8 Å². The highest BCUT2D eigenvalue weighted by molar-refractivity contribution is 5.95. The third-order valence-corrected chi connectivity index (χ3v) is 3.09. The van der Waals surface area contributed by atoms with Crippen LogP contribution in [0.3, 0.4) is 0 Å². The van der Waals surface area contributed by atoms with E-state index in [4.69, 9.17) is 5.73 Å². The van der Waals surface area contributed by atoms with E-state index in [1.165, 1.54) is 0 Å². The molecule has 0 aromatic heterocycles. The Kier molecular flexibility index (Phi) is 5.70. The van der Waals surface area contributed by atoms with Gasteiger partial charge < -0.3 is 16.0 Å². The monoisotopic (exact) mass is 276 g/mol. The van der Waals surface area contributed by atoms with Gasteiger partial charge >= 0.3 is 0 Å². The van der Waals surface area contributed by atoms with E-state index >= 15 is 0 Å². The number of amides is 1. The Hall–Kier alpha value is -1.88. The van der Waals surface area contributed by atoms with Crippen molar-refractivity contribution in [1.82, 2.24) is 4.90 Å². The van der Waals surface area contributed by atoms with E-state index < -0.39 is 6.04 Å². The molecule has 0 aliphatic rings. The van der Waals surface area contributed by atoms with Crippen LogP contribution in [0.25, 0.3) is 0 Å². The average Bonchev–Trinajstić information content (AvgIpc) is 2.39. The lowest BCUT2D eigenvalue weighted by Crippen LogP contribution is -2.39. The Labute approximate surface area is 120 Å². The summed E-state index contributed by atoms with van der Waals surface area (Å²) in [6.07, 6.45) is 0. The van der Waals surface area contributed by atoms with Crippen LogP contribution in [-0.2, 0) is 4.79 Å². The predicted molar refractivity (Wildman–Crippen MR) is 84.3 cm³/mol. The Morgan fingerprint density at radius 1 is 1.25 bits per heavy atom. The van der Waals surface area contributed by atoms with E-state index in [-0.39, 0.29) is 11.8 Å². The topological polar surface area (TPSA) is 70.7 Å². The van der Waals surface area contributed by atoms with Crippen molar-refractivity contribution in [3.05, 3.63) is 24.3 Å². The molecule has 5 heteroatoms. The predicted octanol–water partition coefficient (Wildman–Crippen LogP) is 2.22. The first-order chi connectivity index (χ1) is 9.31. The van der Waals surface area contributed by atoms with Crippen LogP contribution in [0, 0.1) is 5.92 Å². The lowest BCUT2D eigenvalue weighted by Gasteiger charge is -2.15. The van der Waals surface area contributed by atoms with E-state index in [9.17, 15) is 4.79 Å². The van der Waals surface area contributed by atoms with Crippen LogP contribution in [-0.4, -0.2) is 36.8 Å². The maximum absolute atomic E-state index is 11.8. The van der Waals surface area contributed by atoms with Crippen molar-refractivity contribution in [3.8, 4) is 0 Å². The van der Waals surface area contributed by atoms with Crippen molar-refractivity contribution in [3.63, 3.8) is 0 Å².